The van der Waals surface area contributed by atoms with Gasteiger partial charge in [0.05, 0.1) is 84.4 Å². The first-order valence-corrected chi connectivity index (χ1v) is 20.4. The van der Waals surface area contributed by atoms with E-state index < -0.39 is 155 Å². The molecule has 29 heteroatoms. The molecule has 16 N–H and O–H groups in total. The number of aliphatic hydroxyl groups is 14. The fourth-order valence-corrected chi connectivity index (χ4v) is 7.67. The standard InChI is InChI=1S/C35H59N7O22/c36-13(9-57-11-14-1-41(39-37-14)3-16-22(47)28(53)32(20(7-45)59-16)63-34-30(55)26(51)24(49)18(5-43)61-34)10-58-12-15-2-42(40-38-15)4-17-23(48)29(54)33(21(8-46)60-17)64-35-31(56)27(52)25(50)19(6-44)62-35/h1-2,13,16-35,43-56H,3-12,36H2/t16-,17-,18+,19+,20+,21+,22-,23-,24-,25-,26-,27-,28+,29+,30+,31+,32+,33+,34-,35-/m0/s1. The molecule has 0 aromatic carbocycles. The molecule has 366 valence electrons. The summed E-state index contributed by atoms with van der Waals surface area (Å²) in [5.41, 5.74) is 6.89. The summed E-state index contributed by atoms with van der Waals surface area (Å²) >= 11 is 0. The van der Waals surface area contributed by atoms with Crippen LogP contribution in [0.2, 0.25) is 0 Å². The van der Waals surface area contributed by atoms with Crippen molar-refractivity contribution >= 4 is 0 Å². The topological polar surface area (TPSA) is 445 Å². The quantitative estimate of drug-likeness (QED) is 0.0586. The maximum Gasteiger partial charge on any atom is 0.187 e. The molecule has 4 fully saturated rings. The molecule has 6 rings (SSSR count). The predicted molar refractivity (Wildman–Crippen MR) is 200 cm³/mol. The van der Waals surface area contributed by atoms with Gasteiger partial charge in [-0.05, 0) is 0 Å². The van der Waals surface area contributed by atoms with Crippen molar-refractivity contribution in [2.24, 2.45) is 5.73 Å². The van der Waals surface area contributed by atoms with Gasteiger partial charge < -0.3 is 115 Å². The van der Waals surface area contributed by atoms with Gasteiger partial charge in [0.25, 0.3) is 0 Å². The molecule has 0 spiro atoms. The van der Waals surface area contributed by atoms with Crippen molar-refractivity contribution in [3.63, 3.8) is 0 Å². The summed E-state index contributed by atoms with van der Waals surface area (Å²) in [5, 5.41) is 159. The molecule has 4 aliphatic heterocycles. The van der Waals surface area contributed by atoms with Crippen LogP contribution in [0.15, 0.2) is 12.4 Å². The van der Waals surface area contributed by atoms with Crippen molar-refractivity contribution in [2.75, 3.05) is 39.6 Å². The number of hydrogen-bond donors (Lipinski definition) is 15. The summed E-state index contributed by atoms with van der Waals surface area (Å²) < 4.78 is 47.3. The summed E-state index contributed by atoms with van der Waals surface area (Å²) in [7, 11) is 0. The lowest BCUT2D eigenvalue weighted by Crippen LogP contribution is -2.64. The summed E-state index contributed by atoms with van der Waals surface area (Å²) in [4.78, 5) is 0. The molecule has 0 saturated carbocycles. The summed E-state index contributed by atoms with van der Waals surface area (Å²) in [5.74, 6) is 0. The zero-order chi connectivity index (χ0) is 46.4. The Morgan fingerprint density at radius 3 is 1.20 bits per heavy atom. The van der Waals surface area contributed by atoms with Gasteiger partial charge >= 0.3 is 0 Å². The van der Waals surface area contributed by atoms with Crippen molar-refractivity contribution in [3.8, 4) is 0 Å². The molecule has 2 aromatic heterocycles. The Morgan fingerprint density at radius 2 is 0.844 bits per heavy atom. The second kappa shape index (κ2) is 22.9. The number of aliphatic hydroxyl groups excluding tert-OH is 14. The molecule has 0 radical (unpaired) electrons. The monoisotopic (exact) mass is 929 g/mol. The van der Waals surface area contributed by atoms with Gasteiger partial charge in [-0.25, -0.2) is 9.36 Å². The van der Waals surface area contributed by atoms with E-state index in [4.69, 9.17) is 43.6 Å². The molecule has 0 aliphatic carbocycles. The average Bonchev–Trinajstić information content (AvgIpc) is 3.94. The molecule has 6 heterocycles. The minimum absolute atomic E-state index is 0.0193. The molecule has 0 bridgehead atoms. The first kappa shape index (κ1) is 50.8. The number of rotatable bonds is 20. The molecule has 2 aromatic rings. The predicted octanol–water partition coefficient (Wildman–Crippen LogP) is -10.7. The van der Waals surface area contributed by atoms with Crippen LogP contribution in [-0.4, -0.2) is 270 Å². The van der Waals surface area contributed by atoms with E-state index in [0.717, 1.165) is 0 Å². The molecule has 0 unspecified atom stereocenters. The molecule has 20 atom stereocenters. The molecule has 64 heavy (non-hydrogen) atoms. The first-order valence-electron chi connectivity index (χ1n) is 20.4. The smallest absolute Gasteiger partial charge is 0.187 e. The zero-order valence-corrected chi connectivity index (χ0v) is 34.1. The van der Waals surface area contributed by atoms with E-state index in [1.165, 1.54) is 21.8 Å². The third-order valence-electron chi connectivity index (χ3n) is 11.3. The SMILES string of the molecule is NC(COCc1cn(C[C@@H]2O[C@H](CO)[C@@H](O[C@@H]3O[C@H](CO)[C@H](O)[C@H](O)[C@H]3O)[C@H](O)[C@H]2O)nn1)COCc1cn(C[C@@H]2O[C@H](CO)[C@@H](O[C@@H]3O[C@H](CO)[C@H](O)[C@H](O)[C@H]3O)[C@H](O)[C@H]2O)nn1. The lowest BCUT2D eigenvalue weighted by Gasteiger charge is -2.46. The van der Waals surface area contributed by atoms with E-state index >= 15 is 0 Å². The van der Waals surface area contributed by atoms with E-state index in [-0.39, 0.29) is 39.5 Å². The first-order chi connectivity index (χ1) is 30.6. The van der Waals surface area contributed by atoms with Gasteiger partial charge in [-0.1, -0.05) is 10.4 Å². The van der Waals surface area contributed by atoms with Crippen LogP contribution in [0, 0.1) is 0 Å². The summed E-state index contributed by atoms with van der Waals surface area (Å²) in [6.07, 6.45) is -27.5. The van der Waals surface area contributed by atoms with Crippen LogP contribution < -0.4 is 5.73 Å². The highest BCUT2D eigenvalue weighted by atomic mass is 16.7. The van der Waals surface area contributed by atoms with E-state index in [2.05, 4.69) is 20.6 Å². The van der Waals surface area contributed by atoms with Gasteiger partial charge in [-0.2, -0.15) is 0 Å². The largest absolute Gasteiger partial charge is 0.394 e. The van der Waals surface area contributed by atoms with Gasteiger partial charge in [0.1, 0.15) is 121 Å². The Labute approximate surface area is 363 Å². The maximum atomic E-state index is 10.9. The fourth-order valence-electron chi connectivity index (χ4n) is 7.67. The van der Waals surface area contributed by atoms with Gasteiger partial charge in [0.15, 0.2) is 12.6 Å². The summed E-state index contributed by atoms with van der Waals surface area (Å²) in [6.45, 7) is -3.04. The fraction of sp³-hybridized carbons (Fsp3) is 0.886. The van der Waals surface area contributed by atoms with Crippen molar-refractivity contribution in [1.82, 2.24) is 30.0 Å². The van der Waals surface area contributed by atoms with E-state index in [0.29, 0.717) is 11.4 Å². The third kappa shape index (κ3) is 11.7. The van der Waals surface area contributed by atoms with Crippen molar-refractivity contribution in [3.05, 3.63) is 23.8 Å². The molecule has 29 nitrogen and oxygen atoms in total. The molecule has 4 aliphatic rings. The van der Waals surface area contributed by atoms with Gasteiger partial charge in [0, 0.05) is 0 Å². The van der Waals surface area contributed by atoms with Gasteiger partial charge in [0.2, 0.25) is 0 Å². The van der Waals surface area contributed by atoms with Crippen LogP contribution >= 0.6 is 0 Å². The van der Waals surface area contributed by atoms with Crippen molar-refractivity contribution in [2.45, 2.75) is 155 Å². The van der Waals surface area contributed by atoms with Crippen LogP contribution in [0.1, 0.15) is 11.4 Å². The van der Waals surface area contributed by atoms with Crippen molar-refractivity contribution < 1.29 is 109 Å². The Hall–Kier alpha value is -2.64. The van der Waals surface area contributed by atoms with Crippen LogP contribution in [0.25, 0.3) is 0 Å². The number of aromatic nitrogens is 6. The average molecular weight is 930 g/mol. The highest BCUT2D eigenvalue weighted by Gasteiger charge is 2.52. The molecule has 4 saturated heterocycles. The minimum atomic E-state index is -1.79. The number of ether oxygens (including phenoxy) is 8. The van der Waals surface area contributed by atoms with E-state index in [9.17, 15) is 71.5 Å². The normalized spacial score (nSPS) is 40.9. The molecule has 0 amide bonds. The lowest BCUT2D eigenvalue weighted by molar-refractivity contribution is -0.342. The van der Waals surface area contributed by atoms with Crippen LogP contribution in [-0.2, 0) is 64.2 Å². The van der Waals surface area contributed by atoms with E-state index in [1.807, 2.05) is 0 Å². The molecular formula is C35H59N7O22. The Morgan fingerprint density at radius 1 is 0.484 bits per heavy atom. The second-order valence-electron chi connectivity index (χ2n) is 16.0. The Kier molecular flexibility index (Phi) is 18.2. The maximum absolute atomic E-state index is 10.9. The highest BCUT2D eigenvalue weighted by molar-refractivity contribution is 4.99. The van der Waals surface area contributed by atoms with Gasteiger partial charge in [-0.3, -0.25) is 0 Å². The van der Waals surface area contributed by atoms with Crippen LogP contribution in [0.4, 0.5) is 0 Å². The Balaban J connectivity index is 0.897. The highest BCUT2D eigenvalue weighted by Crippen LogP contribution is 2.31. The number of hydrogen-bond acceptors (Lipinski definition) is 27. The van der Waals surface area contributed by atoms with E-state index in [1.54, 1.807) is 0 Å². The minimum Gasteiger partial charge on any atom is -0.394 e. The summed E-state index contributed by atoms with van der Waals surface area (Å²) in [6, 6.07) is -0.591. The molecular weight excluding hydrogens is 870 g/mol. The van der Waals surface area contributed by atoms with Gasteiger partial charge in [-0.15, -0.1) is 10.2 Å². The number of nitrogens with zero attached hydrogens (tertiary/aromatic N) is 6. The number of nitrogens with two attached hydrogens (primary N) is 1. The third-order valence-corrected chi connectivity index (χ3v) is 11.3. The van der Waals surface area contributed by atoms with Crippen molar-refractivity contribution in [1.29, 1.82) is 0 Å². The second-order valence-corrected chi connectivity index (χ2v) is 16.0. The van der Waals surface area contributed by atoms with Crippen LogP contribution in [0.5, 0.6) is 0 Å². The lowest BCUT2D eigenvalue weighted by atomic mass is 9.94. The Bertz CT molecular complexity index is 1580. The zero-order valence-electron chi connectivity index (χ0n) is 34.1. The van der Waals surface area contributed by atoms with Crippen LogP contribution in [0.3, 0.4) is 0 Å².